The summed E-state index contributed by atoms with van der Waals surface area (Å²) in [6.07, 6.45) is 6.91. The van der Waals surface area contributed by atoms with E-state index in [0.29, 0.717) is 12.6 Å². The van der Waals surface area contributed by atoms with Crippen LogP contribution in [-0.4, -0.2) is 21.4 Å². The minimum absolute atomic E-state index is 0.167. The van der Waals surface area contributed by atoms with Gasteiger partial charge in [0.05, 0.1) is 6.20 Å². The third-order valence-corrected chi connectivity index (χ3v) is 4.91. The first-order valence-electron chi connectivity index (χ1n) is 8.58. The number of fused-ring (bicyclic) bond motifs is 1. The molecule has 4 nitrogen and oxygen atoms in total. The van der Waals surface area contributed by atoms with Gasteiger partial charge in [-0.05, 0) is 51.2 Å². The molecule has 0 saturated carbocycles. The molecular formula is C19H27N3O. The monoisotopic (exact) mass is 313 g/mol. The quantitative estimate of drug-likeness (QED) is 0.890. The highest BCUT2D eigenvalue weighted by Gasteiger charge is 2.34. The van der Waals surface area contributed by atoms with E-state index in [9.17, 15) is 5.11 Å². The summed E-state index contributed by atoms with van der Waals surface area (Å²) in [7, 11) is 0. The molecule has 23 heavy (non-hydrogen) atoms. The Labute approximate surface area is 138 Å². The maximum Gasteiger partial charge on any atom is 0.102 e. The number of hydrogen-bond acceptors (Lipinski definition) is 3. The summed E-state index contributed by atoms with van der Waals surface area (Å²) < 4.78 is 1.97. The van der Waals surface area contributed by atoms with Gasteiger partial charge in [-0.15, -0.1) is 0 Å². The van der Waals surface area contributed by atoms with Gasteiger partial charge in [-0.2, -0.15) is 5.10 Å². The SMILES string of the molecule is CC(C)n1cc([C@H](C)NC[C@@]2(O)CCCc3ccccc32)cn1. The smallest absolute Gasteiger partial charge is 0.102 e. The summed E-state index contributed by atoms with van der Waals surface area (Å²) in [5, 5.41) is 19.0. The van der Waals surface area contributed by atoms with Crippen LogP contribution in [0.15, 0.2) is 36.7 Å². The van der Waals surface area contributed by atoms with Gasteiger partial charge in [0.1, 0.15) is 5.60 Å². The van der Waals surface area contributed by atoms with E-state index in [2.05, 4.69) is 55.6 Å². The maximum absolute atomic E-state index is 11.1. The van der Waals surface area contributed by atoms with Gasteiger partial charge in [0.15, 0.2) is 0 Å². The fourth-order valence-corrected chi connectivity index (χ4v) is 3.38. The van der Waals surface area contributed by atoms with E-state index < -0.39 is 5.60 Å². The number of aliphatic hydroxyl groups is 1. The molecule has 0 saturated heterocycles. The van der Waals surface area contributed by atoms with Crippen LogP contribution in [0.4, 0.5) is 0 Å². The summed E-state index contributed by atoms with van der Waals surface area (Å²) in [5.41, 5.74) is 2.76. The lowest BCUT2D eigenvalue weighted by molar-refractivity contribution is 0.0170. The Morgan fingerprint density at radius 3 is 2.83 bits per heavy atom. The van der Waals surface area contributed by atoms with E-state index in [1.807, 2.05) is 16.9 Å². The molecule has 0 fully saturated rings. The summed E-state index contributed by atoms with van der Waals surface area (Å²) in [6.45, 7) is 6.94. The molecule has 3 rings (SSSR count). The molecule has 2 atom stereocenters. The number of aryl methyl sites for hydroxylation is 1. The fourth-order valence-electron chi connectivity index (χ4n) is 3.38. The zero-order valence-electron chi connectivity index (χ0n) is 14.3. The van der Waals surface area contributed by atoms with Crippen molar-refractivity contribution >= 4 is 0 Å². The van der Waals surface area contributed by atoms with Gasteiger partial charge in [0, 0.05) is 30.4 Å². The Morgan fingerprint density at radius 2 is 2.09 bits per heavy atom. The van der Waals surface area contributed by atoms with Crippen LogP contribution < -0.4 is 5.32 Å². The Morgan fingerprint density at radius 1 is 1.30 bits per heavy atom. The van der Waals surface area contributed by atoms with Gasteiger partial charge in [0.2, 0.25) is 0 Å². The van der Waals surface area contributed by atoms with Crippen molar-refractivity contribution in [2.75, 3.05) is 6.54 Å². The van der Waals surface area contributed by atoms with E-state index in [-0.39, 0.29) is 6.04 Å². The highest BCUT2D eigenvalue weighted by atomic mass is 16.3. The molecule has 1 heterocycles. The van der Waals surface area contributed by atoms with Gasteiger partial charge in [0.25, 0.3) is 0 Å². The van der Waals surface area contributed by atoms with Gasteiger partial charge >= 0.3 is 0 Å². The third kappa shape index (κ3) is 3.33. The van der Waals surface area contributed by atoms with Gasteiger partial charge in [-0.25, -0.2) is 0 Å². The van der Waals surface area contributed by atoms with Crippen LogP contribution in [0.25, 0.3) is 0 Å². The lowest BCUT2D eigenvalue weighted by Gasteiger charge is -2.35. The number of aromatic nitrogens is 2. The predicted molar refractivity (Wildman–Crippen MR) is 92.3 cm³/mol. The zero-order valence-corrected chi connectivity index (χ0v) is 14.3. The Kier molecular flexibility index (Phi) is 4.55. The van der Waals surface area contributed by atoms with Crippen LogP contribution in [-0.2, 0) is 12.0 Å². The minimum atomic E-state index is -0.767. The summed E-state index contributed by atoms with van der Waals surface area (Å²) >= 11 is 0. The van der Waals surface area contributed by atoms with Crippen LogP contribution in [0.3, 0.4) is 0 Å². The van der Waals surface area contributed by atoms with E-state index in [1.54, 1.807) is 0 Å². The highest BCUT2D eigenvalue weighted by molar-refractivity contribution is 5.35. The highest BCUT2D eigenvalue weighted by Crippen LogP contribution is 2.35. The van der Waals surface area contributed by atoms with Crippen molar-refractivity contribution in [1.29, 1.82) is 0 Å². The lowest BCUT2D eigenvalue weighted by atomic mass is 9.79. The molecule has 0 aliphatic heterocycles. The molecule has 1 aromatic heterocycles. The predicted octanol–water partition coefficient (Wildman–Crippen LogP) is 3.34. The van der Waals surface area contributed by atoms with E-state index in [0.717, 1.165) is 30.4 Å². The normalized spacial score (nSPS) is 22.1. The lowest BCUT2D eigenvalue weighted by Crippen LogP contribution is -2.41. The zero-order chi connectivity index (χ0) is 16.4. The Bertz CT molecular complexity index is 664. The molecule has 1 aliphatic carbocycles. The van der Waals surface area contributed by atoms with Gasteiger partial charge in [-0.3, -0.25) is 4.68 Å². The van der Waals surface area contributed by atoms with Crippen molar-refractivity contribution in [3.05, 3.63) is 53.3 Å². The second-order valence-electron chi connectivity index (χ2n) is 6.99. The Balaban J connectivity index is 1.70. The van der Waals surface area contributed by atoms with Crippen molar-refractivity contribution in [2.24, 2.45) is 0 Å². The first kappa shape index (κ1) is 16.2. The molecular weight excluding hydrogens is 286 g/mol. The first-order chi connectivity index (χ1) is 11.0. The fraction of sp³-hybridized carbons (Fsp3) is 0.526. The number of nitrogens with zero attached hydrogens (tertiary/aromatic N) is 2. The number of nitrogens with one attached hydrogen (secondary N) is 1. The molecule has 2 N–H and O–H groups in total. The average Bonchev–Trinajstić information content (AvgIpc) is 3.04. The maximum atomic E-state index is 11.1. The molecule has 1 aromatic carbocycles. The second-order valence-corrected chi connectivity index (χ2v) is 6.99. The van der Waals surface area contributed by atoms with Crippen LogP contribution in [0.5, 0.6) is 0 Å². The van der Waals surface area contributed by atoms with Gasteiger partial charge in [-0.1, -0.05) is 24.3 Å². The van der Waals surface area contributed by atoms with Crippen molar-refractivity contribution < 1.29 is 5.11 Å². The van der Waals surface area contributed by atoms with Crippen LogP contribution in [0.1, 0.15) is 62.4 Å². The Hall–Kier alpha value is -1.65. The van der Waals surface area contributed by atoms with Crippen molar-refractivity contribution in [3.8, 4) is 0 Å². The molecule has 0 spiro atoms. The minimum Gasteiger partial charge on any atom is -0.384 e. The molecule has 0 bridgehead atoms. The van der Waals surface area contributed by atoms with E-state index in [4.69, 9.17) is 0 Å². The largest absolute Gasteiger partial charge is 0.384 e. The summed E-state index contributed by atoms with van der Waals surface area (Å²) in [6, 6.07) is 8.81. The van der Waals surface area contributed by atoms with Crippen LogP contribution in [0.2, 0.25) is 0 Å². The van der Waals surface area contributed by atoms with E-state index >= 15 is 0 Å². The van der Waals surface area contributed by atoms with Gasteiger partial charge < -0.3 is 10.4 Å². The van der Waals surface area contributed by atoms with Crippen LogP contribution >= 0.6 is 0 Å². The molecule has 2 aromatic rings. The standard InChI is InChI=1S/C19H27N3O/c1-14(2)22-12-17(11-21-22)15(3)20-13-19(23)10-6-8-16-7-4-5-9-18(16)19/h4-5,7,9,11-12,14-15,20,23H,6,8,10,13H2,1-3H3/t15-,19-/m0/s1. The molecule has 0 radical (unpaired) electrons. The number of benzene rings is 1. The van der Waals surface area contributed by atoms with Crippen molar-refractivity contribution in [3.63, 3.8) is 0 Å². The summed E-state index contributed by atoms with van der Waals surface area (Å²) in [5.74, 6) is 0. The molecule has 0 unspecified atom stereocenters. The molecule has 124 valence electrons. The first-order valence-corrected chi connectivity index (χ1v) is 8.58. The molecule has 1 aliphatic rings. The third-order valence-electron chi connectivity index (χ3n) is 4.91. The number of rotatable bonds is 5. The van der Waals surface area contributed by atoms with Crippen molar-refractivity contribution in [1.82, 2.24) is 15.1 Å². The second kappa shape index (κ2) is 6.46. The van der Waals surface area contributed by atoms with Crippen LogP contribution in [0, 0.1) is 0 Å². The molecule has 4 heteroatoms. The number of hydrogen-bond donors (Lipinski definition) is 2. The van der Waals surface area contributed by atoms with E-state index in [1.165, 1.54) is 5.56 Å². The topological polar surface area (TPSA) is 50.1 Å². The van der Waals surface area contributed by atoms with Crippen molar-refractivity contribution in [2.45, 2.75) is 57.7 Å². The average molecular weight is 313 g/mol. The molecule has 0 amide bonds. The summed E-state index contributed by atoms with van der Waals surface area (Å²) in [4.78, 5) is 0.